The molecule has 0 bridgehead atoms. The zero-order chi connectivity index (χ0) is 20.3. The van der Waals surface area contributed by atoms with Gasteiger partial charge in [0, 0.05) is 23.4 Å². The van der Waals surface area contributed by atoms with Crippen molar-refractivity contribution in [2.24, 2.45) is 5.73 Å². The van der Waals surface area contributed by atoms with Gasteiger partial charge in [-0.2, -0.15) is 0 Å². The Balaban J connectivity index is 2.60. The summed E-state index contributed by atoms with van der Waals surface area (Å²) in [6.07, 6.45) is -0.140. The van der Waals surface area contributed by atoms with E-state index in [0.717, 1.165) is 5.56 Å². The molecule has 0 aliphatic carbocycles. The number of halogens is 2. The van der Waals surface area contributed by atoms with Gasteiger partial charge in [0.1, 0.15) is 0 Å². The molecular weight excluding hydrogens is 387 g/mol. The van der Waals surface area contributed by atoms with Crippen LogP contribution >= 0.6 is 23.2 Å². The number of rotatable bonds is 6. The molecule has 5 nitrogen and oxygen atoms in total. The lowest BCUT2D eigenvalue weighted by Gasteiger charge is -2.25. The molecule has 27 heavy (non-hydrogen) atoms. The molecule has 2 amide bonds. The van der Waals surface area contributed by atoms with Crippen LogP contribution in [-0.2, 0) is 9.59 Å². The van der Waals surface area contributed by atoms with Gasteiger partial charge in [0.05, 0.1) is 16.4 Å². The fourth-order valence-corrected chi connectivity index (χ4v) is 3.60. The van der Waals surface area contributed by atoms with Gasteiger partial charge in [-0.05, 0) is 62.2 Å². The third-order valence-corrected chi connectivity index (χ3v) is 4.52. The molecule has 0 heterocycles. The molecule has 0 aromatic heterocycles. The van der Waals surface area contributed by atoms with E-state index in [1.165, 1.54) is 11.8 Å². The number of Topliss-reactive ketones (excluding diaryl/α,β-unsaturated/α-hetero) is 1. The third-order valence-electron chi connectivity index (χ3n) is 4.00. The van der Waals surface area contributed by atoms with Gasteiger partial charge in [-0.3, -0.25) is 19.3 Å². The van der Waals surface area contributed by atoms with E-state index in [9.17, 15) is 14.4 Å². The number of hydrogen-bond acceptors (Lipinski definition) is 3. The van der Waals surface area contributed by atoms with Crippen molar-refractivity contribution < 1.29 is 14.4 Å². The van der Waals surface area contributed by atoms with Gasteiger partial charge < -0.3 is 5.73 Å². The van der Waals surface area contributed by atoms with Crippen molar-refractivity contribution in [3.05, 3.63) is 57.1 Å². The Morgan fingerprint density at radius 2 is 1.59 bits per heavy atom. The van der Waals surface area contributed by atoms with Gasteiger partial charge in [-0.1, -0.05) is 23.2 Å². The molecule has 2 aromatic rings. The van der Waals surface area contributed by atoms with Crippen LogP contribution < -0.4 is 10.6 Å². The molecule has 0 radical (unpaired) electrons. The normalized spacial score (nSPS) is 10.6. The molecule has 2 rings (SSSR count). The molecule has 0 spiro atoms. The summed E-state index contributed by atoms with van der Waals surface area (Å²) in [5.74, 6) is -1.05. The summed E-state index contributed by atoms with van der Waals surface area (Å²) in [5.41, 5.74) is 8.13. The topological polar surface area (TPSA) is 80.5 Å². The number of aryl methyl sites for hydroxylation is 2. The molecule has 0 aliphatic rings. The largest absolute Gasteiger partial charge is 0.370 e. The molecule has 0 fully saturated rings. The fourth-order valence-electron chi connectivity index (χ4n) is 2.93. The Labute approximate surface area is 168 Å². The lowest BCUT2D eigenvalue weighted by molar-refractivity contribution is -0.123. The number of anilines is 2. The summed E-state index contributed by atoms with van der Waals surface area (Å²) in [5, 5.41) is 0.727. The smallest absolute Gasteiger partial charge is 0.232 e. The highest BCUT2D eigenvalue weighted by Crippen LogP contribution is 2.34. The molecule has 142 valence electrons. The summed E-state index contributed by atoms with van der Waals surface area (Å²) in [4.78, 5) is 37.2. The van der Waals surface area contributed by atoms with Crippen LogP contribution in [0.25, 0.3) is 0 Å². The highest BCUT2D eigenvalue weighted by molar-refractivity contribution is 6.34. The lowest BCUT2D eigenvalue weighted by Crippen LogP contribution is -2.27. The van der Waals surface area contributed by atoms with Crippen LogP contribution in [0.15, 0.2) is 30.3 Å². The van der Waals surface area contributed by atoms with Crippen molar-refractivity contribution in [1.82, 2.24) is 0 Å². The van der Waals surface area contributed by atoms with Crippen LogP contribution in [0.3, 0.4) is 0 Å². The second-order valence-corrected chi connectivity index (χ2v) is 7.20. The van der Waals surface area contributed by atoms with Crippen LogP contribution in [0, 0.1) is 13.8 Å². The van der Waals surface area contributed by atoms with Gasteiger partial charge in [0.2, 0.25) is 11.8 Å². The summed E-state index contributed by atoms with van der Waals surface area (Å²) in [7, 11) is 0. The van der Waals surface area contributed by atoms with Gasteiger partial charge in [0.25, 0.3) is 0 Å². The number of benzene rings is 2. The van der Waals surface area contributed by atoms with Gasteiger partial charge in [-0.25, -0.2) is 0 Å². The zero-order valence-corrected chi connectivity index (χ0v) is 16.8. The van der Waals surface area contributed by atoms with Crippen molar-refractivity contribution in [2.75, 3.05) is 4.90 Å². The lowest BCUT2D eigenvalue weighted by atomic mass is 10.0. The number of nitrogens with two attached hydrogens (primary N) is 1. The van der Waals surface area contributed by atoms with Crippen molar-refractivity contribution >= 4 is 52.2 Å². The van der Waals surface area contributed by atoms with Crippen molar-refractivity contribution in [2.45, 2.75) is 33.6 Å². The number of primary amides is 1. The number of ketones is 1. The molecule has 0 unspecified atom stereocenters. The van der Waals surface area contributed by atoms with E-state index >= 15 is 0 Å². The zero-order valence-electron chi connectivity index (χ0n) is 15.3. The SMILES string of the molecule is CC(=O)c1c(C)cc(N(C(=O)CCC(N)=O)c2cc(C)cc(Cl)c2)cc1Cl. The van der Waals surface area contributed by atoms with E-state index in [2.05, 4.69) is 0 Å². The van der Waals surface area contributed by atoms with Crippen LogP contribution in [0.4, 0.5) is 11.4 Å². The van der Waals surface area contributed by atoms with E-state index in [1.54, 1.807) is 37.3 Å². The minimum atomic E-state index is -0.563. The van der Waals surface area contributed by atoms with Crippen molar-refractivity contribution in [3.63, 3.8) is 0 Å². The minimum Gasteiger partial charge on any atom is -0.370 e. The van der Waals surface area contributed by atoms with Gasteiger partial charge in [0.15, 0.2) is 5.78 Å². The maximum Gasteiger partial charge on any atom is 0.232 e. The summed E-state index contributed by atoms with van der Waals surface area (Å²) < 4.78 is 0. The van der Waals surface area contributed by atoms with E-state index in [4.69, 9.17) is 28.9 Å². The Morgan fingerprint density at radius 3 is 2.11 bits per heavy atom. The maximum absolute atomic E-state index is 12.9. The van der Waals surface area contributed by atoms with Gasteiger partial charge in [-0.15, -0.1) is 0 Å². The predicted molar refractivity (Wildman–Crippen MR) is 108 cm³/mol. The van der Waals surface area contributed by atoms with Crippen LogP contribution in [0.5, 0.6) is 0 Å². The average molecular weight is 407 g/mol. The molecule has 0 saturated carbocycles. The summed E-state index contributed by atoms with van der Waals surface area (Å²) >= 11 is 12.5. The van der Waals surface area contributed by atoms with E-state index in [0.29, 0.717) is 27.5 Å². The highest BCUT2D eigenvalue weighted by Gasteiger charge is 2.22. The van der Waals surface area contributed by atoms with Crippen LogP contribution in [0.1, 0.15) is 41.3 Å². The summed E-state index contributed by atoms with van der Waals surface area (Å²) in [6.45, 7) is 5.05. The average Bonchev–Trinajstić information content (AvgIpc) is 2.51. The number of nitrogens with zero attached hydrogens (tertiary/aromatic N) is 1. The Morgan fingerprint density at radius 1 is 0.963 bits per heavy atom. The molecular formula is C20H20Cl2N2O3. The first-order chi connectivity index (χ1) is 12.6. The first-order valence-corrected chi connectivity index (χ1v) is 9.05. The molecule has 0 aliphatic heterocycles. The summed E-state index contributed by atoms with van der Waals surface area (Å²) in [6, 6.07) is 8.49. The first kappa shape index (κ1) is 20.9. The third kappa shape index (κ3) is 5.08. The quantitative estimate of drug-likeness (QED) is 0.703. The highest BCUT2D eigenvalue weighted by atomic mass is 35.5. The number of amides is 2. The minimum absolute atomic E-state index is 0.0635. The number of hydrogen-bond donors (Lipinski definition) is 1. The molecule has 0 saturated heterocycles. The van der Waals surface area contributed by atoms with Gasteiger partial charge >= 0.3 is 0 Å². The Kier molecular flexibility index (Phi) is 6.63. The predicted octanol–water partition coefficient (Wildman–Crippen LogP) is 4.74. The Hall–Kier alpha value is -2.37. The fraction of sp³-hybridized carbons (Fsp3) is 0.250. The Bertz CT molecular complexity index is 882. The maximum atomic E-state index is 12.9. The van der Waals surface area contributed by atoms with Crippen LogP contribution in [-0.4, -0.2) is 17.6 Å². The van der Waals surface area contributed by atoms with Crippen molar-refractivity contribution in [1.29, 1.82) is 0 Å². The molecule has 7 heteroatoms. The first-order valence-electron chi connectivity index (χ1n) is 8.29. The molecule has 2 N–H and O–H groups in total. The monoisotopic (exact) mass is 406 g/mol. The molecule has 2 aromatic carbocycles. The molecule has 0 atom stereocenters. The standard InChI is InChI=1S/C20H20Cl2N2O3/c1-11-6-14(21)9-15(7-11)24(19(27)5-4-18(23)26)16-8-12(2)20(13(3)25)17(22)10-16/h6-10H,4-5H2,1-3H3,(H2,23,26). The number of carbonyl (C=O) groups is 3. The second kappa shape index (κ2) is 8.55. The van der Waals surface area contributed by atoms with E-state index in [1.807, 2.05) is 6.92 Å². The number of carbonyl (C=O) groups excluding carboxylic acids is 3. The van der Waals surface area contributed by atoms with E-state index in [-0.39, 0.29) is 29.6 Å². The van der Waals surface area contributed by atoms with E-state index < -0.39 is 5.91 Å². The second-order valence-electron chi connectivity index (χ2n) is 6.36. The van der Waals surface area contributed by atoms with Crippen molar-refractivity contribution in [3.8, 4) is 0 Å². The van der Waals surface area contributed by atoms with Crippen LogP contribution in [0.2, 0.25) is 10.0 Å².